The van der Waals surface area contributed by atoms with E-state index in [4.69, 9.17) is 0 Å². The van der Waals surface area contributed by atoms with Crippen LogP contribution in [0.25, 0.3) is 0 Å². The summed E-state index contributed by atoms with van der Waals surface area (Å²) in [4.78, 5) is 2.66. The lowest BCUT2D eigenvalue weighted by Gasteiger charge is -2.39. The Labute approximate surface area is 100 Å². The molecule has 2 heteroatoms. The maximum atomic E-state index is 9.26. The van der Waals surface area contributed by atoms with Gasteiger partial charge < -0.3 is 10.0 Å². The van der Waals surface area contributed by atoms with Crippen molar-refractivity contribution in [2.24, 2.45) is 11.8 Å². The van der Waals surface area contributed by atoms with E-state index in [9.17, 15) is 5.11 Å². The molecule has 0 aromatic rings. The zero-order valence-corrected chi connectivity index (χ0v) is 10.9. The first kappa shape index (κ1) is 12.4. The van der Waals surface area contributed by atoms with E-state index < -0.39 is 0 Å². The molecule has 0 radical (unpaired) electrons. The monoisotopic (exact) mass is 225 g/mol. The van der Waals surface area contributed by atoms with E-state index in [0.29, 0.717) is 0 Å². The summed E-state index contributed by atoms with van der Waals surface area (Å²) in [6, 6.07) is 0.781. The molecular formula is C14H27NO. The van der Waals surface area contributed by atoms with Crippen LogP contribution in [0.4, 0.5) is 0 Å². The van der Waals surface area contributed by atoms with Crippen molar-refractivity contribution in [3.8, 4) is 0 Å². The number of hydrogen-bond donors (Lipinski definition) is 1. The van der Waals surface area contributed by atoms with Gasteiger partial charge >= 0.3 is 0 Å². The Hall–Kier alpha value is -0.0800. The zero-order valence-electron chi connectivity index (χ0n) is 10.9. The zero-order chi connectivity index (χ0) is 11.5. The van der Waals surface area contributed by atoms with Crippen LogP contribution in [0.1, 0.15) is 52.4 Å². The van der Waals surface area contributed by atoms with Gasteiger partial charge in [0.15, 0.2) is 0 Å². The lowest BCUT2D eigenvalue weighted by molar-refractivity contribution is 0.0275. The summed E-state index contributed by atoms with van der Waals surface area (Å²) in [7, 11) is 0. The van der Waals surface area contributed by atoms with Crippen molar-refractivity contribution in [1.82, 2.24) is 4.90 Å². The second kappa shape index (κ2) is 5.50. The molecular weight excluding hydrogens is 198 g/mol. The Morgan fingerprint density at radius 1 is 1.19 bits per heavy atom. The maximum Gasteiger partial charge on any atom is 0.0545 e. The number of aliphatic hydroxyl groups is 1. The molecule has 1 N–H and O–H groups in total. The SMILES string of the molecule is CC[C@H]1CCN(CCC2CC(O)C2)[C@@H](C)C1. The number of hydrogen-bond acceptors (Lipinski definition) is 2. The fourth-order valence-electron chi connectivity index (χ4n) is 3.31. The van der Waals surface area contributed by atoms with Gasteiger partial charge in [0.25, 0.3) is 0 Å². The highest BCUT2D eigenvalue weighted by atomic mass is 16.3. The third-order valence-electron chi connectivity index (χ3n) is 4.74. The summed E-state index contributed by atoms with van der Waals surface area (Å²) >= 11 is 0. The van der Waals surface area contributed by atoms with Gasteiger partial charge in [-0.1, -0.05) is 13.3 Å². The first-order valence-corrected chi connectivity index (χ1v) is 7.11. The molecule has 1 heterocycles. The Morgan fingerprint density at radius 2 is 1.94 bits per heavy atom. The minimum Gasteiger partial charge on any atom is -0.393 e. The summed E-state index contributed by atoms with van der Waals surface area (Å²) in [5.41, 5.74) is 0. The number of likely N-dealkylation sites (tertiary alicyclic amines) is 1. The van der Waals surface area contributed by atoms with Crippen molar-refractivity contribution >= 4 is 0 Å². The van der Waals surface area contributed by atoms with Crippen LogP contribution in [-0.4, -0.2) is 35.2 Å². The van der Waals surface area contributed by atoms with E-state index in [-0.39, 0.29) is 6.10 Å². The number of nitrogens with zero attached hydrogens (tertiary/aromatic N) is 1. The van der Waals surface area contributed by atoms with Gasteiger partial charge in [0.1, 0.15) is 0 Å². The van der Waals surface area contributed by atoms with Crippen LogP contribution in [0.3, 0.4) is 0 Å². The molecule has 1 aliphatic carbocycles. The normalized spacial score (nSPS) is 40.7. The van der Waals surface area contributed by atoms with Gasteiger partial charge in [0.2, 0.25) is 0 Å². The molecule has 2 atom stereocenters. The van der Waals surface area contributed by atoms with Gasteiger partial charge in [-0.3, -0.25) is 0 Å². The molecule has 1 saturated carbocycles. The molecule has 2 nitrogen and oxygen atoms in total. The van der Waals surface area contributed by atoms with E-state index in [2.05, 4.69) is 18.7 Å². The molecule has 0 spiro atoms. The maximum absolute atomic E-state index is 9.26. The van der Waals surface area contributed by atoms with Gasteiger partial charge in [-0.2, -0.15) is 0 Å². The Bertz CT molecular complexity index is 213. The van der Waals surface area contributed by atoms with Gasteiger partial charge in [-0.15, -0.1) is 0 Å². The van der Waals surface area contributed by atoms with Crippen LogP contribution in [-0.2, 0) is 0 Å². The van der Waals surface area contributed by atoms with E-state index in [0.717, 1.165) is 30.7 Å². The van der Waals surface area contributed by atoms with Crippen LogP contribution >= 0.6 is 0 Å². The van der Waals surface area contributed by atoms with Crippen molar-refractivity contribution in [2.45, 2.75) is 64.5 Å². The third kappa shape index (κ3) is 2.98. The molecule has 16 heavy (non-hydrogen) atoms. The van der Waals surface area contributed by atoms with Gasteiger partial charge in [0, 0.05) is 6.04 Å². The second-order valence-electron chi connectivity index (χ2n) is 5.96. The van der Waals surface area contributed by atoms with Gasteiger partial charge in [0.05, 0.1) is 6.10 Å². The summed E-state index contributed by atoms with van der Waals surface area (Å²) in [6.45, 7) is 7.27. The highest BCUT2D eigenvalue weighted by Crippen LogP contribution is 2.31. The molecule has 0 aromatic carbocycles. The van der Waals surface area contributed by atoms with Crippen LogP contribution in [0.15, 0.2) is 0 Å². The molecule has 94 valence electrons. The molecule has 2 rings (SSSR count). The van der Waals surface area contributed by atoms with Crippen LogP contribution in [0.5, 0.6) is 0 Å². The Balaban J connectivity index is 1.66. The molecule has 2 fully saturated rings. The number of rotatable bonds is 4. The largest absolute Gasteiger partial charge is 0.393 e. The van der Waals surface area contributed by atoms with Crippen LogP contribution in [0, 0.1) is 11.8 Å². The summed E-state index contributed by atoms with van der Waals surface area (Å²) in [5, 5.41) is 9.26. The standard InChI is InChI=1S/C14H27NO/c1-3-12-4-6-15(11(2)8-12)7-5-13-9-14(16)10-13/h11-14,16H,3-10H2,1-2H3/t11-,12-,13?,14?/m0/s1. The molecule has 0 bridgehead atoms. The van der Waals surface area contributed by atoms with Crippen molar-refractivity contribution in [2.75, 3.05) is 13.1 Å². The van der Waals surface area contributed by atoms with E-state index in [1.165, 1.54) is 38.8 Å². The Morgan fingerprint density at radius 3 is 2.50 bits per heavy atom. The molecule has 1 aliphatic heterocycles. The molecule has 2 aliphatic rings. The summed E-state index contributed by atoms with van der Waals surface area (Å²) < 4.78 is 0. The predicted octanol–water partition coefficient (Wildman–Crippen LogP) is 2.66. The highest BCUT2D eigenvalue weighted by molar-refractivity contribution is 4.82. The predicted molar refractivity (Wildman–Crippen MR) is 67.4 cm³/mol. The van der Waals surface area contributed by atoms with E-state index in [1.54, 1.807) is 0 Å². The van der Waals surface area contributed by atoms with E-state index in [1.807, 2.05) is 0 Å². The average molecular weight is 225 g/mol. The first-order chi connectivity index (χ1) is 7.69. The van der Waals surface area contributed by atoms with Crippen molar-refractivity contribution in [3.63, 3.8) is 0 Å². The first-order valence-electron chi connectivity index (χ1n) is 7.11. The topological polar surface area (TPSA) is 23.5 Å². The lowest BCUT2D eigenvalue weighted by Crippen LogP contribution is -2.42. The highest BCUT2D eigenvalue weighted by Gasteiger charge is 2.29. The number of aliphatic hydroxyl groups excluding tert-OH is 1. The minimum absolute atomic E-state index is 0.0215. The third-order valence-corrected chi connectivity index (χ3v) is 4.74. The molecule has 0 aromatic heterocycles. The quantitative estimate of drug-likeness (QED) is 0.795. The number of piperidine rings is 1. The van der Waals surface area contributed by atoms with Crippen LogP contribution in [0.2, 0.25) is 0 Å². The minimum atomic E-state index is 0.0215. The lowest BCUT2D eigenvalue weighted by atomic mass is 9.80. The van der Waals surface area contributed by atoms with Gasteiger partial charge in [-0.05, 0) is 64.0 Å². The molecule has 0 amide bonds. The second-order valence-corrected chi connectivity index (χ2v) is 5.96. The fourth-order valence-corrected chi connectivity index (χ4v) is 3.31. The smallest absolute Gasteiger partial charge is 0.0545 e. The van der Waals surface area contributed by atoms with Crippen molar-refractivity contribution in [1.29, 1.82) is 0 Å². The van der Waals surface area contributed by atoms with E-state index >= 15 is 0 Å². The fraction of sp³-hybridized carbons (Fsp3) is 1.00. The van der Waals surface area contributed by atoms with Crippen molar-refractivity contribution in [3.05, 3.63) is 0 Å². The Kier molecular flexibility index (Phi) is 4.26. The average Bonchev–Trinajstić information content (AvgIpc) is 2.24. The summed E-state index contributed by atoms with van der Waals surface area (Å²) in [5.74, 6) is 1.78. The van der Waals surface area contributed by atoms with Crippen molar-refractivity contribution < 1.29 is 5.11 Å². The van der Waals surface area contributed by atoms with Gasteiger partial charge in [-0.25, -0.2) is 0 Å². The molecule has 0 unspecified atom stereocenters. The molecule has 1 saturated heterocycles. The van der Waals surface area contributed by atoms with Crippen LogP contribution < -0.4 is 0 Å². The summed E-state index contributed by atoms with van der Waals surface area (Å²) in [6.07, 6.45) is 7.58.